The van der Waals surface area contributed by atoms with Gasteiger partial charge in [-0.15, -0.1) is 0 Å². The van der Waals surface area contributed by atoms with E-state index in [4.69, 9.17) is 16.0 Å². The summed E-state index contributed by atoms with van der Waals surface area (Å²) in [7, 11) is 3.42. The minimum atomic E-state index is -0.0759. The summed E-state index contributed by atoms with van der Waals surface area (Å²) >= 11 is 5.95. The van der Waals surface area contributed by atoms with Crippen molar-refractivity contribution in [2.24, 2.45) is 0 Å². The van der Waals surface area contributed by atoms with E-state index >= 15 is 0 Å². The maximum Gasteiger partial charge on any atom is 0.254 e. The van der Waals surface area contributed by atoms with Crippen LogP contribution in [0.1, 0.15) is 10.4 Å². The maximum atomic E-state index is 12.0. The van der Waals surface area contributed by atoms with Gasteiger partial charge < -0.3 is 9.32 Å². The SMILES string of the molecule is CN(C)C(=O)c1ccc(Cl)cc1-c1ccco1. The van der Waals surface area contributed by atoms with Crippen molar-refractivity contribution in [3.63, 3.8) is 0 Å². The smallest absolute Gasteiger partial charge is 0.254 e. The fraction of sp³-hybridized carbons (Fsp3) is 0.154. The van der Waals surface area contributed by atoms with Crippen LogP contribution in [0.2, 0.25) is 5.02 Å². The maximum absolute atomic E-state index is 12.0. The molecule has 2 aromatic rings. The quantitative estimate of drug-likeness (QED) is 0.818. The number of amides is 1. The van der Waals surface area contributed by atoms with Crippen LogP contribution in [0.25, 0.3) is 11.3 Å². The van der Waals surface area contributed by atoms with Gasteiger partial charge in [-0.25, -0.2) is 0 Å². The molecule has 0 saturated heterocycles. The van der Waals surface area contributed by atoms with Gasteiger partial charge in [0, 0.05) is 24.7 Å². The van der Waals surface area contributed by atoms with Crippen molar-refractivity contribution in [2.45, 2.75) is 0 Å². The lowest BCUT2D eigenvalue weighted by molar-refractivity contribution is 0.0828. The first kappa shape index (κ1) is 11.7. The average Bonchev–Trinajstić information content (AvgIpc) is 2.81. The Morgan fingerprint density at radius 3 is 2.65 bits per heavy atom. The Morgan fingerprint density at radius 2 is 2.06 bits per heavy atom. The first-order valence-corrected chi connectivity index (χ1v) is 5.52. The standard InChI is InChI=1S/C13H12ClNO2/c1-15(2)13(16)10-6-5-9(14)8-11(10)12-4-3-7-17-12/h3-8H,1-2H3. The third kappa shape index (κ3) is 2.34. The molecule has 17 heavy (non-hydrogen) atoms. The van der Waals surface area contributed by atoms with Crippen LogP contribution in [0.4, 0.5) is 0 Å². The number of nitrogens with zero attached hydrogens (tertiary/aromatic N) is 1. The fourth-order valence-corrected chi connectivity index (χ4v) is 1.75. The van der Waals surface area contributed by atoms with Crippen molar-refractivity contribution in [3.8, 4) is 11.3 Å². The summed E-state index contributed by atoms with van der Waals surface area (Å²) in [6, 6.07) is 8.72. The van der Waals surface area contributed by atoms with Crippen molar-refractivity contribution in [1.29, 1.82) is 0 Å². The fourth-order valence-electron chi connectivity index (χ4n) is 1.58. The highest BCUT2D eigenvalue weighted by atomic mass is 35.5. The normalized spacial score (nSPS) is 10.3. The summed E-state index contributed by atoms with van der Waals surface area (Å²) in [6.45, 7) is 0. The summed E-state index contributed by atoms with van der Waals surface area (Å²) in [5.41, 5.74) is 1.29. The van der Waals surface area contributed by atoms with Crippen LogP contribution in [0.3, 0.4) is 0 Å². The summed E-state index contributed by atoms with van der Waals surface area (Å²) in [5.74, 6) is 0.561. The van der Waals surface area contributed by atoms with Crippen molar-refractivity contribution in [3.05, 3.63) is 47.2 Å². The van der Waals surface area contributed by atoms with E-state index in [0.717, 1.165) is 0 Å². The molecule has 1 amide bonds. The van der Waals surface area contributed by atoms with Crippen LogP contribution in [-0.2, 0) is 0 Å². The Hall–Kier alpha value is -1.74. The van der Waals surface area contributed by atoms with Gasteiger partial charge in [-0.1, -0.05) is 11.6 Å². The second-order valence-corrected chi connectivity index (χ2v) is 4.30. The van der Waals surface area contributed by atoms with Gasteiger partial charge in [0.05, 0.1) is 11.8 Å². The van der Waals surface area contributed by atoms with E-state index < -0.39 is 0 Å². The highest BCUT2D eigenvalue weighted by Gasteiger charge is 2.16. The number of benzene rings is 1. The van der Waals surface area contributed by atoms with Crippen LogP contribution in [0, 0.1) is 0 Å². The lowest BCUT2D eigenvalue weighted by atomic mass is 10.0. The highest BCUT2D eigenvalue weighted by Crippen LogP contribution is 2.28. The molecule has 2 rings (SSSR count). The molecule has 1 heterocycles. The molecule has 88 valence electrons. The predicted molar refractivity (Wildman–Crippen MR) is 67.2 cm³/mol. The summed E-state index contributed by atoms with van der Waals surface area (Å²) < 4.78 is 5.32. The van der Waals surface area contributed by atoms with Crippen molar-refractivity contribution in [2.75, 3.05) is 14.1 Å². The van der Waals surface area contributed by atoms with Gasteiger partial charge in [-0.3, -0.25) is 4.79 Å². The third-order valence-electron chi connectivity index (χ3n) is 2.40. The Labute approximate surface area is 105 Å². The van der Waals surface area contributed by atoms with Crippen molar-refractivity contribution < 1.29 is 9.21 Å². The molecule has 0 unspecified atom stereocenters. The molecule has 0 radical (unpaired) electrons. The zero-order chi connectivity index (χ0) is 12.4. The summed E-state index contributed by atoms with van der Waals surface area (Å²) in [4.78, 5) is 13.5. The van der Waals surface area contributed by atoms with Gasteiger partial charge in [0.1, 0.15) is 5.76 Å². The van der Waals surface area contributed by atoms with E-state index in [2.05, 4.69) is 0 Å². The minimum Gasteiger partial charge on any atom is -0.464 e. The molecule has 0 spiro atoms. The van der Waals surface area contributed by atoms with Crippen LogP contribution < -0.4 is 0 Å². The Balaban J connectivity index is 2.56. The molecule has 0 N–H and O–H groups in total. The van der Waals surface area contributed by atoms with Gasteiger partial charge >= 0.3 is 0 Å². The molecule has 0 aliphatic carbocycles. The van der Waals surface area contributed by atoms with Crippen LogP contribution in [0.15, 0.2) is 41.0 Å². The summed E-state index contributed by atoms with van der Waals surface area (Å²) in [5, 5.41) is 0.576. The largest absolute Gasteiger partial charge is 0.464 e. The monoisotopic (exact) mass is 249 g/mol. The molecule has 0 fully saturated rings. The zero-order valence-electron chi connectivity index (χ0n) is 9.61. The predicted octanol–water partition coefficient (Wildman–Crippen LogP) is 3.30. The Kier molecular flexibility index (Phi) is 3.20. The third-order valence-corrected chi connectivity index (χ3v) is 2.64. The first-order chi connectivity index (χ1) is 8.09. The second-order valence-electron chi connectivity index (χ2n) is 3.87. The molecular weight excluding hydrogens is 238 g/mol. The number of halogens is 1. The lowest BCUT2D eigenvalue weighted by Crippen LogP contribution is -2.22. The molecular formula is C13H12ClNO2. The van der Waals surface area contributed by atoms with E-state index in [1.165, 1.54) is 4.90 Å². The number of carbonyl (C=O) groups is 1. The second kappa shape index (κ2) is 4.63. The van der Waals surface area contributed by atoms with Gasteiger partial charge in [0.25, 0.3) is 5.91 Å². The van der Waals surface area contributed by atoms with Crippen LogP contribution in [-0.4, -0.2) is 24.9 Å². The Bertz CT molecular complexity index is 532. The van der Waals surface area contributed by atoms with Gasteiger partial charge in [0.2, 0.25) is 0 Å². The number of carbonyl (C=O) groups excluding carboxylic acids is 1. The molecule has 1 aromatic heterocycles. The van der Waals surface area contributed by atoms with E-state index in [-0.39, 0.29) is 5.91 Å². The van der Waals surface area contributed by atoms with Crippen molar-refractivity contribution >= 4 is 17.5 Å². The van der Waals surface area contributed by atoms with Crippen molar-refractivity contribution in [1.82, 2.24) is 4.90 Å². The first-order valence-electron chi connectivity index (χ1n) is 5.14. The van der Waals surface area contributed by atoms with E-state index in [9.17, 15) is 4.79 Å². The van der Waals surface area contributed by atoms with Gasteiger partial charge in [0.15, 0.2) is 0 Å². The molecule has 1 aromatic carbocycles. The molecule has 0 aliphatic heterocycles. The van der Waals surface area contributed by atoms with Gasteiger partial charge in [-0.05, 0) is 30.3 Å². The van der Waals surface area contributed by atoms with Crippen LogP contribution >= 0.6 is 11.6 Å². The number of hydrogen-bond acceptors (Lipinski definition) is 2. The zero-order valence-corrected chi connectivity index (χ0v) is 10.4. The average molecular weight is 250 g/mol. The molecule has 3 nitrogen and oxygen atoms in total. The minimum absolute atomic E-state index is 0.0759. The van der Waals surface area contributed by atoms with Crippen LogP contribution in [0.5, 0.6) is 0 Å². The number of furan rings is 1. The highest BCUT2D eigenvalue weighted by molar-refractivity contribution is 6.31. The van der Waals surface area contributed by atoms with E-state index in [0.29, 0.717) is 21.9 Å². The summed E-state index contributed by atoms with van der Waals surface area (Å²) in [6.07, 6.45) is 1.57. The van der Waals surface area contributed by atoms with E-state index in [1.54, 1.807) is 50.7 Å². The molecule has 4 heteroatoms. The molecule has 0 aliphatic rings. The number of hydrogen-bond donors (Lipinski definition) is 0. The topological polar surface area (TPSA) is 33.5 Å². The molecule has 0 bridgehead atoms. The lowest BCUT2D eigenvalue weighted by Gasteiger charge is -2.13. The number of rotatable bonds is 2. The molecule has 0 atom stereocenters. The molecule has 0 saturated carbocycles. The van der Waals surface area contributed by atoms with Gasteiger partial charge in [-0.2, -0.15) is 0 Å². The Morgan fingerprint density at radius 1 is 1.29 bits per heavy atom. The van der Waals surface area contributed by atoms with E-state index in [1.807, 2.05) is 0 Å².